The molecule has 0 aliphatic carbocycles. The molecule has 11 heavy (non-hydrogen) atoms. The Hall–Kier alpha value is -1.36. The summed E-state index contributed by atoms with van der Waals surface area (Å²) in [6.07, 6.45) is 1.72. The molecule has 0 saturated heterocycles. The van der Waals surface area contributed by atoms with Gasteiger partial charge >= 0.3 is 0 Å². The molecule has 1 rings (SSSR count). The van der Waals surface area contributed by atoms with Crippen LogP contribution in [0.4, 0.5) is 0 Å². The van der Waals surface area contributed by atoms with Gasteiger partial charge in [0.05, 0.1) is 17.7 Å². The summed E-state index contributed by atoms with van der Waals surface area (Å²) in [5.41, 5.74) is 1.97. The Labute approximate surface area is 66.5 Å². The summed E-state index contributed by atoms with van der Waals surface area (Å²) in [6.45, 7) is 3.82. The van der Waals surface area contributed by atoms with Crippen LogP contribution in [0.3, 0.4) is 0 Å². The maximum atomic E-state index is 8.62. The number of hydrogen-bond acceptors (Lipinski definition) is 2. The average molecular weight is 146 g/mol. The summed E-state index contributed by atoms with van der Waals surface area (Å²) in [6, 6.07) is 6.01. The van der Waals surface area contributed by atoms with Gasteiger partial charge in [0.25, 0.3) is 0 Å². The molecule has 1 aromatic heterocycles. The van der Waals surface area contributed by atoms with Gasteiger partial charge in [0.2, 0.25) is 0 Å². The normalized spacial score (nSPS) is 12.1. The highest BCUT2D eigenvalue weighted by atomic mass is 14.7. The average Bonchev–Trinajstić information content (AvgIpc) is 2.04. The van der Waals surface area contributed by atoms with Crippen LogP contribution in [0.2, 0.25) is 0 Å². The van der Waals surface area contributed by atoms with Crippen molar-refractivity contribution in [1.82, 2.24) is 4.98 Å². The molecule has 1 atom stereocenters. The molecule has 1 aromatic rings. The van der Waals surface area contributed by atoms with Crippen LogP contribution in [0.1, 0.15) is 24.1 Å². The van der Waals surface area contributed by atoms with E-state index in [9.17, 15) is 0 Å². The molecule has 1 unspecified atom stereocenters. The fourth-order valence-electron chi connectivity index (χ4n) is 1.01. The molecule has 0 aliphatic heterocycles. The van der Waals surface area contributed by atoms with Crippen molar-refractivity contribution in [3.05, 3.63) is 29.6 Å². The third-order valence-electron chi connectivity index (χ3n) is 1.65. The minimum Gasteiger partial charge on any atom is -0.260 e. The first-order valence-electron chi connectivity index (χ1n) is 3.57. The molecule has 2 nitrogen and oxygen atoms in total. The summed E-state index contributed by atoms with van der Waals surface area (Å²) in [7, 11) is 0. The first-order valence-corrected chi connectivity index (χ1v) is 3.57. The van der Waals surface area contributed by atoms with E-state index in [4.69, 9.17) is 5.26 Å². The van der Waals surface area contributed by atoms with Crippen LogP contribution in [-0.4, -0.2) is 4.98 Å². The summed E-state index contributed by atoms with van der Waals surface area (Å²) in [5.74, 6) is -0.101. The molecular formula is C9H10N2. The lowest BCUT2D eigenvalue weighted by Gasteiger charge is -2.03. The molecule has 0 amide bonds. The molecule has 1 heterocycles. The van der Waals surface area contributed by atoms with E-state index in [0.29, 0.717) is 0 Å². The molecular weight excluding hydrogens is 136 g/mol. The van der Waals surface area contributed by atoms with Crippen LogP contribution in [0.5, 0.6) is 0 Å². The number of pyridine rings is 1. The van der Waals surface area contributed by atoms with Crippen molar-refractivity contribution in [3.8, 4) is 6.07 Å². The van der Waals surface area contributed by atoms with Crippen molar-refractivity contribution in [2.24, 2.45) is 0 Å². The minimum atomic E-state index is -0.101. The first kappa shape index (κ1) is 7.74. The van der Waals surface area contributed by atoms with Crippen LogP contribution in [0, 0.1) is 18.3 Å². The first-order chi connectivity index (χ1) is 5.25. The molecule has 2 heteroatoms. The highest BCUT2D eigenvalue weighted by molar-refractivity contribution is 5.24. The summed E-state index contributed by atoms with van der Waals surface area (Å²) >= 11 is 0. The minimum absolute atomic E-state index is 0.101. The van der Waals surface area contributed by atoms with Gasteiger partial charge in [-0.05, 0) is 25.5 Å². The number of aryl methyl sites for hydroxylation is 1. The van der Waals surface area contributed by atoms with Crippen LogP contribution in [-0.2, 0) is 0 Å². The van der Waals surface area contributed by atoms with E-state index >= 15 is 0 Å². The highest BCUT2D eigenvalue weighted by Crippen LogP contribution is 2.14. The van der Waals surface area contributed by atoms with Crippen LogP contribution in [0.15, 0.2) is 18.3 Å². The second-order valence-electron chi connectivity index (χ2n) is 2.56. The lowest BCUT2D eigenvalue weighted by molar-refractivity contribution is 0.903. The van der Waals surface area contributed by atoms with Gasteiger partial charge in [0.15, 0.2) is 0 Å². The second kappa shape index (κ2) is 3.16. The Balaban J connectivity index is 3.05. The van der Waals surface area contributed by atoms with Gasteiger partial charge in [0.1, 0.15) is 0 Å². The Morgan fingerprint density at radius 3 is 2.91 bits per heavy atom. The molecule has 0 radical (unpaired) electrons. The second-order valence-corrected chi connectivity index (χ2v) is 2.56. The number of hydrogen-bond donors (Lipinski definition) is 0. The number of aromatic nitrogens is 1. The largest absolute Gasteiger partial charge is 0.260 e. The van der Waals surface area contributed by atoms with Gasteiger partial charge in [-0.15, -0.1) is 0 Å². The summed E-state index contributed by atoms with van der Waals surface area (Å²) in [4.78, 5) is 4.13. The fraction of sp³-hybridized carbons (Fsp3) is 0.333. The molecule has 0 spiro atoms. The third-order valence-corrected chi connectivity index (χ3v) is 1.65. The number of rotatable bonds is 1. The van der Waals surface area contributed by atoms with E-state index in [0.717, 1.165) is 11.3 Å². The fourth-order valence-corrected chi connectivity index (χ4v) is 1.01. The van der Waals surface area contributed by atoms with Crippen LogP contribution >= 0.6 is 0 Å². The van der Waals surface area contributed by atoms with Gasteiger partial charge in [-0.2, -0.15) is 5.26 Å². The molecule has 0 saturated carbocycles. The van der Waals surface area contributed by atoms with Crippen LogP contribution in [0.25, 0.3) is 0 Å². The maximum absolute atomic E-state index is 8.62. The molecule has 0 fully saturated rings. The maximum Gasteiger partial charge on any atom is 0.0859 e. The zero-order chi connectivity index (χ0) is 8.27. The van der Waals surface area contributed by atoms with Gasteiger partial charge in [0, 0.05) is 6.20 Å². The predicted molar refractivity (Wildman–Crippen MR) is 43.0 cm³/mol. The number of nitriles is 1. The standard InChI is InChI=1S/C9H10N2/c1-7-4-3-5-11-9(7)8(2)6-10/h3-5,8H,1-2H3. The molecule has 0 N–H and O–H groups in total. The predicted octanol–water partition coefficient (Wildman–Crippen LogP) is 2.02. The van der Waals surface area contributed by atoms with Crippen molar-refractivity contribution >= 4 is 0 Å². The van der Waals surface area contributed by atoms with E-state index in [-0.39, 0.29) is 5.92 Å². The smallest absolute Gasteiger partial charge is 0.0859 e. The Bertz CT molecular complexity index is 286. The molecule has 56 valence electrons. The summed E-state index contributed by atoms with van der Waals surface area (Å²) in [5, 5.41) is 8.62. The topological polar surface area (TPSA) is 36.7 Å². The van der Waals surface area contributed by atoms with E-state index in [2.05, 4.69) is 11.1 Å². The Morgan fingerprint density at radius 1 is 1.64 bits per heavy atom. The van der Waals surface area contributed by atoms with E-state index < -0.39 is 0 Å². The molecule has 0 aliphatic rings. The lowest BCUT2D eigenvalue weighted by Crippen LogP contribution is -1.96. The monoisotopic (exact) mass is 146 g/mol. The van der Waals surface area contributed by atoms with Gasteiger partial charge in [-0.25, -0.2) is 0 Å². The number of nitrogens with zero attached hydrogens (tertiary/aromatic N) is 2. The Kier molecular flexibility index (Phi) is 2.22. The zero-order valence-corrected chi connectivity index (χ0v) is 6.70. The van der Waals surface area contributed by atoms with Crippen molar-refractivity contribution in [3.63, 3.8) is 0 Å². The van der Waals surface area contributed by atoms with E-state index in [1.165, 1.54) is 0 Å². The molecule has 0 aromatic carbocycles. The Morgan fingerprint density at radius 2 is 2.36 bits per heavy atom. The van der Waals surface area contributed by atoms with Crippen molar-refractivity contribution < 1.29 is 0 Å². The van der Waals surface area contributed by atoms with Crippen molar-refractivity contribution in [1.29, 1.82) is 5.26 Å². The van der Waals surface area contributed by atoms with Gasteiger partial charge < -0.3 is 0 Å². The zero-order valence-electron chi connectivity index (χ0n) is 6.70. The SMILES string of the molecule is Cc1cccnc1C(C)C#N. The lowest BCUT2D eigenvalue weighted by atomic mass is 10.0. The van der Waals surface area contributed by atoms with E-state index in [1.54, 1.807) is 6.20 Å². The van der Waals surface area contributed by atoms with Gasteiger partial charge in [-0.1, -0.05) is 6.07 Å². The molecule has 0 bridgehead atoms. The van der Waals surface area contributed by atoms with Crippen LogP contribution < -0.4 is 0 Å². The van der Waals surface area contributed by atoms with E-state index in [1.807, 2.05) is 26.0 Å². The quantitative estimate of drug-likeness (QED) is 0.607. The summed E-state index contributed by atoms with van der Waals surface area (Å²) < 4.78 is 0. The van der Waals surface area contributed by atoms with Crippen molar-refractivity contribution in [2.45, 2.75) is 19.8 Å². The third kappa shape index (κ3) is 1.56. The highest BCUT2D eigenvalue weighted by Gasteiger charge is 2.06. The van der Waals surface area contributed by atoms with Crippen molar-refractivity contribution in [2.75, 3.05) is 0 Å². The van der Waals surface area contributed by atoms with Gasteiger partial charge in [-0.3, -0.25) is 4.98 Å².